The van der Waals surface area contributed by atoms with Gasteiger partial charge in [0.2, 0.25) is 0 Å². The third-order valence-corrected chi connectivity index (χ3v) is 3.36. The van der Waals surface area contributed by atoms with Crippen molar-refractivity contribution in [1.82, 2.24) is 5.32 Å². The van der Waals surface area contributed by atoms with E-state index >= 15 is 0 Å². The van der Waals surface area contributed by atoms with E-state index in [0.29, 0.717) is 13.2 Å². The summed E-state index contributed by atoms with van der Waals surface area (Å²) >= 11 is 0. The zero-order chi connectivity index (χ0) is 14.9. The van der Waals surface area contributed by atoms with Gasteiger partial charge in [-0.1, -0.05) is 55.5 Å². The van der Waals surface area contributed by atoms with Crippen LogP contribution in [0.2, 0.25) is 0 Å². The van der Waals surface area contributed by atoms with Crippen LogP contribution < -0.4 is 10.1 Å². The van der Waals surface area contributed by atoms with Gasteiger partial charge in [-0.25, -0.2) is 0 Å². The maximum Gasteiger partial charge on any atom is 0.123 e. The first-order valence-corrected chi connectivity index (χ1v) is 7.33. The Balaban J connectivity index is 1.99. The van der Waals surface area contributed by atoms with Crippen molar-refractivity contribution in [2.24, 2.45) is 0 Å². The minimum atomic E-state index is 0.134. The van der Waals surface area contributed by atoms with Crippen molar-refractivity contribution in [3.05, 3.63) is 65.7 Å². The topological polar surface area (TPSA) is 30.5 Å². The van der Waals surface area contributed by atoms with Crippen molar-refractivity contribution in [3.63, 3.8) is 0 Å². The van der Waals surface area contributed by atoms with Crippen LogP contribution in [0.5, 0.6) is 5.75 Å². The maximum absolute atomic E-state index is 5.87. The minimum Gasteiger partial charge on any atom is -0.496 e. The molecule has 21 heavy (non-hydrogen) atoms. The van der Waals surface area contributed by atoms with Gasteiger partial charge >= 0.3 is 0 Å². The molecule has 2 aromatic rings. The van der Waals surface area contributed by atoms with Crippen molar-refractivity contribution in [2.75, 3.05) is 20.3 Å². The van der Waals surface area contributed by atoms with E-state index in [1.54, 1.807) is 7.11 Å². The Morgan fingerprint density at radius 2 is 1.71 bits per heavy atom. The fourth-order valence-electron chi connectivity index (χ4n) is 2.33. The van der Waals surface area contributed by atoms with E-state index in [-0.39, 0.29) is 6.04 Å². The molecule has 3 heteroatoms. The number of para-hydroxylation sites is 1. The quantitative estimate of drug-likeness (QED) is 0.804. The number of likely N-dealkylation sites (N-methyl/N-ethyl adjacent to an activating group) is 1. The van der Waals surface area contributed by atoms with E-state index in [4.69, 9.17) is 9.47 Å². The summed E-state index contributed by atoms with van der Waals surface area (Å²) in [5.74, 6) is 0.895. The predicted octanol–water partition coefficient (Wildman–Crippen LogP) is 3.56. The second-order valence-electron chi connectivity index (χ2n) is 4.85. The number of hydrogen-bond donors (Lipinski definition) is 1. The average Bonchev–Trinajstić information content (AvgIpc) is 2.55. The van der Waals surface area contributed by atoms with Crippen molar-refractivity contribution < 1.29 is 9.47 Å². The number of benzene rings is 2. The third-order valence-electron chi connectivity index (χ3n) is 3.36. The highest BCUT2D eigenvalue weighted by Crippen LogP contribution is 2.25. The van der Waals surface area contributed by atoms with Crippen molar-refractivity contribution in [2.45, 2.75) is 19.6 Å². The first-order valence-electron chi connectivity index (χ1n) is 7.33. The Kier molecular flexibility index (Phi) is 6.25. The van der Waals surface area contributed by atoms with Crippen LogP contribution in [0, 0.1) is 0 Å². The first-order chi connectivity index (χ1) is 10.3. The minimum absolute atomic E-state index is 0.134. The molecule has 0 fully saturated rings. The van der Waals surface area contributed by atoms with E-state index in [2.05, 4.69) is 30.4 Å². The molecular weight excluding hydrogens is 262 g/mol. The highest BCUT2D eigenvalue weighted by atomic mass is 16.5. The molecule has 0 aliphatic carbocycles. The molecule has 0 amide bonds. The molecular formula is C18H23NO2. The normalized spacial score (nSPS) is 12.1. The van der Waals surface area contributed by atoms with Crippen LogP contribution in [0.25, 0.3) is 0 Å². The van der Waals surface area contributed by atoms with Gasteiger partial charge in [-0.2, -0.15) is 0 Å². The first kappa shape index (κ1) is 15.5. The SMILES string of the molecule is CCNC(COCc1ccccc1)c1ccccc1OC. The summed E-state index contributed by atoms with van der Waals surface area (Å²) in [6.45, 7) is 4.22. The molecule has 1 atom stereocenters. The Hall–Kier alpha value is -1.84. The van der Waals surface area contributed by atoms with Crippen LogP contribution in [0.4, 0.5) is 0 Å². The van der Waals surface area contributed by atoms with Crippen LogP contribution in [0.3, 0.4) is 0 Å². The highest BCUT2D eigenvalue weighted by molar-refractivity contribution is 5.36. The van der Waals surface area contributed by atoms with Gasteiger partial charge in [0.15, 0.2) is 0 Å². The molecule has 0 radical (unpaired) electrons. The highest BCUT2D eigenvalue weighted by Gasteiger charge is 2.14. The molecule has 2 rings (SSSR count). The van der Waals surface area contributed by atoms with Crippen molar-refractivity contribution in [1.29, 1.82) is 0 Å². The molecule has 112 valence electrons. The van der Waals surface area contributed by atoms with Gasteiger partial charge in [-0.15, -0.1) is 0 Å². The van der Waals surface area contributed by atoms with Crippen LogP contribution in [-0.2, 0) is 11.3 Å². The summed E-state index contributed by atoms with van der Waals surface area (Å²) in [7, 11) is 1.70. The second-order valence-corrected chi connectivity index (χ2v) is 4.85. The Morgan fingerprint density at radius 3 is 2.43 bits per heavy atom. The molecule has 0 heterocycles. The molecule has 1 N–H and O–H groups in total. The maximum atomic E-state index is 5.87. The summed E-state index contributed by atoms with van der Waals surface area (Å²) < 4.78 is 11.3. The summed E-state index contributed by atoms with van der Waals surface area (Å²) in [6, 6.07) is 18.4. The van der Waals surface area contributed by atoms with Crippen molar-refractivity contribution >= 4 is 0 Å². The van der Waals surface area contributed by atoms with E-state index in [0.717, 1.165) is 17.9 Å². The molecule has 3 nitrogen and oxygen atoms in total. The van der Waals surface area contributed by atoms with Crippen LogP contribution in [-0.4, -0.2) is 20.3 Å². The molecule has 2 aromatic carbocycles. The summed E-state index contributed by atoms with van der Waals surface area (Å²) in [6.07, 6.45) is 0. The number of ether oxygens (including phenoxy) is 2. The van der Waals surface area contributed by atoms with Gasteiger partial charge in [-0.3, -0.25) is 0 Å². The number of methoxy groups -OCH3 is 1. The zero-order valence-corrected chi connectivity index (χ0v) is 12.7. The van der Waals surface area contributed by atoms with Crippen LogP contribution >= 0.6 is 0 Å². The molecule has 0 spiro atoms. The Morgan fingerprint density at radius 1 is 1.00 bits per heavy atom. The fraction of sp³-hybridized carbons (Fsp3) is 0.333. The second kappa shape index (κ2) is 8.45. The van der Waals surface area contributed by atoms with E-state index in [9.17, 15) is 0 Å². The Labute approximate surface area is 126 Å². The molecule has 0 aliphatic heterocycles. The van der Waals surface area contributed by atoms with Gasteiger partial charge in [0, 0.05) is 5.56 Å². The van der Waals surface area contributed by atoms with E-state index in [1.165, 1.54) is 5.56 Å². The van der Waals surface area contributed by atoms with Gasteiger partial charge in [0.1, 0.15) is 5.75 Å². The lowest BCUT2D eigenvalue weighted by molar-refractivity contribution is 0.0983. The van der Waals surface area contributed by atoms with Crippen LogP contribution in [0.1, 0.15) is 24.1 Å². The van der Waals surface area contributed by atoms with Crippen LogP contribution in [0.15, 0.2) is 54.6 Å². The summed E-state index contributed by atoms with van der Waals surface area (Å²) in [4.78, 5) is 0. The lowest BCUT2D eigenvalue weighted by Gasteiger charge is -2.20. The summed E-state index contributed by atoms with van der Waals surface area (Å²) in [5.41, 5.74) is 2.32. The fourth-order valence-corrected chi connectivity index (χ4v) is 2.33. The van der Waals surface area contributed by atoms with E-state index in [1.807, 2.05) is 36.4 Å². The smallest absolute Gasteiger partial charge is 0.123 e. The molecule has 0 saturated carbocycles. The monoisotopic (exact) mass is 285 g/mol. The largest absolute Gasteiger partial charge is 0.496 e. The van der Waals surface area contributed by atoms with Gasteiger partial charge in [0.25, 0.3) is 0 Å². The molecule has 0 aliphatic rings. The lowest BCUT2D eigenvalue weighted by Crippen LogP contribution is -2.25. The third kappa shape index (κ3) is 4.59. The lowest BCUT2D eigenvalue weighted by atomic mass is 10.1. The van der Waals surface area contributed by atoms with Gasteiger partial charge < -0.3 is 14.8 Å². The van der Waals surface area contributed by atoms with Gasteiger partial charge in [0.05, 0.1) is 26.4 Å². The average molecular weight is 285 g/mol. The summed E-state index contributed by atoms with van der Waals surface area (Å²) in [5, 5.41) is 3.45. The zero-order valence-electron chi connectivity index (χ0n) is 12.7. The Bertz CT molecular complexity index is 528. The predicted molar refractivity (Wildman–Crippen MR) is 85.5 cm³/mol. The number of rotatable bonds is 8. The molecule has 1 unspecified atom stereocenters. The molecule has 0 saturated heterocycles. The van der Waals surface area contributed by atoms with Crippen molar-refractivity contribution in [3.8, 4) is 5.75 Å². The number of hydrogen-bond acceptors (Lipinski definition) is 3. The molecule has 0 aromatic heterocycles. The number of nitrogens with one attached hydrogen (secondary N) is 1. The molecule has 0 bridgehead atoms. The van der Waals surface area contributed by atoms with E-state index < -0.39 is 0 Å². The van der Waals surface area contributed by atoms with Gasteiger partial charge in [-0.05, 0) is 18.2 Å². The standard InChI is InChI=1S/C18H23NO2/c1-3-19-17(16-11-7-8-12-18(16)20-2)14-21-13-15-9-5-4-6-10-15/h4-12,17,19H,3,13-14H2,1-2H3.